The van der Waals surface area contributed by atoms with Gasteiger partial charge in [-0.25, -0.2) is 8.42 Å². The maximum atomic E-state index is 12.5. The molecule has 0 spiro atoms. The first-order chi connectivity index (χ1) is 12.4. The van der Waals surface area contributed by atoms with Gasteiger partial charge in [-0.3, -0.25) is 4.79 Å². The molecule has 7 heteroatoms. The molecule has 1 aromatic carbocycles. The van der Waals surface area contributed by atoms with Crippen molar-refractivity contribution in [3.63, 3.8) is 0 Å². The van der Waals surface area contributed by atoms with Crippen molar-refractivity contribution < 1.29 is 17.9 Å². The molecule has 0 aliphatic carbocycles. The van der Waals surface area contributed by atoms with Gasteiger partial charge in [0.1, 0.15) is 9.96 Å². The van der Waals surface area contributed by atoms with E-state index in [1.54, 1.807) is 17.5 Å². The minimum Gasteiger partial charge on any atom is -0.426 e. The van der Waals surface area contributed by atoms with Crippen LogP contribution in [0, 0.1) is 5.92 Å². The van der Waals surface area contributed by atoms with Crippen molar-refractivity contribution in [1.82, 2.24) is 4.31 Å². The third kappa shape index (κ3) is 4.16. The zero-order valence-electron chi connectivity index (χ0n) is 14.9. The molecular weight excluding hydrogens is 370 g/mol. The van der Waals surface area contributed by atoms with Crippen LogP contribution in [-0.2, 0) is 14.8 Å². The molecule has 0 unspecified atom stereocenters. The Morgan fingerprint density at radius 2 is 1.81 bits per heavy atom. The molecule has 0 N–H and O–H groups in total. The third-order valence-corrected chi connectivity index (χ3v) is 7.91. The van der Waals surface area contributed by atoms with Crippen LogP contribution in [0.1, 0.15) is 38.2 Å². The average Bonchev–Trinajstić information content (AvgIpc) is 3.18. The zero-order valence-corrected chi connectivity index (χ0v) is 16.6. The van der Waals surface area contributed by atoms with E-state index in [1.807, 2.05) is 24.3 Å². The molecule has 1 aromatic heterocycles. The molecule has 0 bridgehead atoms. The standard InChI is InChI=1S/C19H23NO4S2/c1-14(2)15-5-7-17(8-6-15)24-19(21)16-9-11-20(12-10-16)26(22,23)18-4-3-13-25-18/h3-8,13-14,16H,9-12H2,1-2H3. The molecule has 0 saturated carbocycles. The van der Waals surface area contributed by atoms with Crippen LogP contribution in [0.5, 0.6) is 5.75 Å². The number of nitrogens with zero attached hydrogens (tertiary/aromatic N) is 1. The summed E-state index contributed by atoms with van der Waals surface area (Å²) in [4.78, 5) is 12.4. The Balaban J connectivity index is 1.57. The molecule has 0 atom stereocenters. The number of carbonyl (C=O) groups excluding carboxylic acids is 1. The van der Waals surface area contributed by atoms with E-state index in [2.05, 4.69) is 13.8 Å². The lowest BCUT2D eigenvalue weighted by molar-refractivity contribution is -0.140. The number of carbonyl (C=O) groups is 1. The number of thiophene rings is 1. The molecule has 2 aromatic rings. The summed E-state index contributed by atoms with van der Waals surface area (Å²) in [6.45, 7) is 4.90. The number of hydrogen-bond donors (Lipinski definition) is 0. The molecule has 3 rings (SSSR count). The van der Waals surface area contributed by atoms with E-state index in [0.717, 1.165) is 0 Å². The Labute approximate surface area is 158 Å². The van der Waals surface area contributed by atoms with Crippen molar-refractivity contribution in [1.29, 1.82) is 0 Å². The van der Waals surface area contributed by atoms with Gasteiger partial charge in [0.15, 0.2) is 0 Å². The molecule has 5 nitrogen and oxygen atoms in total. The number of rotatable bonds is 5. The number of ether oxygens (including phenoxy) is 1. The monoisotopic (exact) mass is 393 g/mol. The van der Waals surface area contributed by atoms with Crippen molar-refractivity contribution in [2.24, 2.45) is 5.92 Å². The fourth-order valence-electron chi connectivity index (χ4n) is 2.99. The van der Waals surface area contributed by atoms with E-state index in [1.165, 1.54) is 21.2 Å². The van der Waals surface area contributed by atoms with Crippen LogP contribution in [0.2, 0.25) is 0 Å². The summed E-state index contributed by atoms with van der Waals surface area (Å²) < 4.78 is 32.3. The molecule has 1 aliphatic rings. The molecule has 26 heavy (non-hydrogen) atoms. The van der Waals surface area contributed by atoms with Crippen molar-refractivity contribution in [3.05, 3.63) is 47.3 Å². The number of hydrogen-bond acceptors (Lipinski definition) is 5. The third-order valence-electron chi connectivity index (χ3n) is 4.64. The maximum absolute atomic E-state index is 12.5. The van der Waals surface area contributed by atoms with Gasteiger partial charge in [-0.05, 0) is 47.9 Å². The first-order valence-corrected chi connectivity index (χ1v) is 11.0. The second kappa shape index (κ2) is 7.90. The summed E-state index contributed by atoms with van der Waals surface area (Å²) in [6, 6.07) is 10.9. The van der Waals surface area contributed by atoms with Crippen molar-refractivity contribution in [2.75, 3.05) is 13.1 Å². The SMILES string of the molecule is CC(C)c1ccc(OC(=O)C2CCN(S(=O)(=O)c3cccs3)CC2)cc1. The number of sulfonamides is 1. The van der Waals surface area contributed by atoms with Gasteiger partial charge in [-0.15, -0.1) is 11.3 Å². The minimum atomic E-state index is -3.44. The van der Waals surface area contributed by atoms with Gasteiger partial charge in [-0.2, -0.15) is 4.31 Å². The van der Waals surface area contributed by atoms with Crippen molar-refractivity contribution in [2.45, 2.75) is 36.8 Å². The number of benzene rings is 1. The van der Waals surface area contributed by atoms with Gasteiger partial charge in [0.25, 0.3) is 10.0 Å². The van der Waals surface area contributed by atoms with E-state index in [0.29, 0.717) is 41.8 Å². The maximum Gasteiger partial charge on any atom is 0.314 e. The topological polar surface area (TPSA) is 63.7 Å². The van der Waals surface area contributed by atoms with Gasteiger partial charge < -0.3 is 4.74 Å². The van der Waals surface area contributed by atoms with E-state index in [-0.39, 0.29) is 11.9 Å². The molecule has 1 saturated heterocycles. The van der Waals surface area contributed by atoms with Gasteiger partial charge in [0, 0.05) is 13.1 Å². The Morgan fingerprint density at radius 3 is 2.35 bits per heavy atom. The lowest BCUT2D eigenvalue weighted by atomic mass is 9.98. The molecule has 1 fully saturated rings. The number of esters is 1. The summed E-state index contributed by atoms with van der Waals surface area (Å²) in [7, 11) is -3.44. The van der Waals surface area contributed by atoms with Gasteiger partial charge in [0.05, 0.1) is 5.92 Å². The highest BCUT2D eigenvalue weighted by atomic mass is 32.2. The molecule has 0 radical (unpaired) electrons. The van der Waals surface area contributed by atoms with Crippen LogP contribution in [0.3, 0.4) is 0 Å². The normalized spacial score (nSPS) is 16.7. The summed E-state index contributed by atoms with van der Waals surface area (Å²) >= 11 is 1.21. The summed E-state index contributed by atoms with van der Waals surface area (Å²) in [6.07, 6.45) is 0.959. The lowest BCUT2D eigenvalue weighted by Crippen LogP contribution is -2.40. The van der Waals surface area contributed by atoms with Crippen molar-refractivity contribution >= 4 is 27.3 Å². The zero-order chi connectivity index (χ0) is 18.7. The van der Waals surface area contributed by atoms with Crippen LogP contribution in [0.4, 0.5) is 0 Å². The second-order valence-electron chi connectivity index (χ2n) is 6.76. The first kappa shape index (κ1) is 19.1. The van der Waals surface area contributed by atoms with Crippen LogP contribution in [0.25, 0.3) is 0 Å². The Bertz CT molecular complexity index is 834. The van der Waals surface area contributed by atoms with Gasteiger partial charge >= 0.3 is 5.97 Å². The Kier molecular flexibility index (Phi) is 5.79. The van der Waals surface area contributed by atoms with E-state index < -0.39 is 10.0 Å². The van der Waals surface area contributed by atoms with Crippen LogP contribution in [-0.4, -0.2) is 31.8 Å². The van der Waals surface area contributed by atoms with Crippen LogP contribution < -0.4 is 4.74 Å². The largest absolute Gasteiger partial charge is 0.426 e. The fraction of sp³-hybridized carbons (Fsp3) is 0.421. The Hall–Kier alpha value is -1.70. The number of piperidine rings is 1. The van der Waals surface area contributed by atoms with Crippen LogP contribution >= 0.6 is 11.3 Å². The predicted octanol–water partition coefficient (Wildman–Crippen LogP) is 3.88. The smallest absolute Gasteiger partial charge is 0.314 e. The molecule has 140 valence electrons. The highest BCUT2D eigenvalue weighted by molar-refractivity contribution is 7.91. The van der Waals surface area contributed by atoms with E-state index >= 15 is 0 Å². The molecular formula is C19H23NO4S2. The van der Waals surface area contributed by atoms with Gasteiger partial charge in [0.2, 0.25) is 0 Å². The summed E-state index contributed by atoms with van der Waals surface area (Å²) in [5.41, 5.74) is 1.19. The quantitative estimate of drug-likeness (QED) is 0.571. The first-order valence-electron chi connectivity index (χ1n) is 8.73. The molecule has 2 heterocycles. The average molecular weight is 394 g/mol. The van der Waals surface area contributed by atoms with Gasteiger partial charge in [-0.1, -0.05) is 32.0 Å². The fourth-order valence-corrected chi connectivity index (χ4v) is 5.60. The van der Waals surface area contributed by atoms with Crippen LogP contribution in [0.15, 0.2) is 46.0 Å². The summed E-state index contributed by atoms with van der Waals surface area (Å²) in [5.74, 6) is 0.410. The molecule has 0 amide bonds. The van der Waals surface area contributed by atoms with E-state index in [4.69, 9.17) is 4.74 Å². The predicted molar refractivity (Wildman–Crippen MR) is 102 cm³/mol. The minimum absolute atomic E-state index is 0.269. The molecule has 1 aliphatic heterocycles. The highest BCUT2D eigenvalue weighted by Gasteiger charge is 2.33. The summed E-state index contributed by atoms with van der Waals surface area (Å²) in [5, 5.41) is 1.75. The Morgan fingerprint density at radius 1 is 1.15 bits per heavy atom. The lowest BCUT2D eigenvalue weighted by Gasteiger charge is -2.29. The van der Waals surface area contributed by atoms with Crippen molar-refractivity contribution in [3.8, 4) is 5.75 Å². The van der Waals surface area contributed by atoms with E-state index in [9.17, 15) is 13.2 Å². The highest BCUT2D eigenvalue weighted by Crippen LogP contribution is 2.27. The second-order valence-corrected chi connectivity index (χ2v) is 9.87.